The molecule has 4 aromatic rings. The number of nitriles is 1. The van der Waals surface area contributed by atoms with E-state index < -0.39 is 5.82 Å². The number of nitrogen functional groups attached to an aromatic ring is 1. The van der Waals surface area contributed by atoms with Gasteiger partial charge in [-0.2, -0.15) is 5.26 Å². The molecule has 8 heteroatoms. The van der Waals surface area contributed by atoms with Crippen molar-refractivity contribution in [1.82, 2.24) is 15.0 Å². The van der Waals surface area contributed by atoms with Crippen LogP contribution < -0.4 is 10.6 Å². The molecule has 0 amide bonds. The van der Waals surface area contributed by atoms with Gasteiger partial charge in [-0.1, -0.05) is 17.7 Å². The van der Waals surface area contributed by atoms with Crippen LogP contribution in [0.5, 0.6) is 0 Å². The molecule has 146 valence electrons. The Balaban J connectivity index is 1.74. The highest BCUT2D eigenvalue weighted by Gasteiger charge is 2.26. The molecule has 0 saturated carbocycles. The van der Waals surface area contributed by atoms with E-state index in [0.29, 0.717) is 18.5 Å². The van der Waals surface area contributed by atoms with Gasteiger partial charge in [-0.15, -0.1) is 0 Å². The summed E-state index contributed by atoms with van der Waals surface area (Å²) in [5.41, 5.74) is 10.8. The van der Waals surface area contributed by atoms with Crippen LogP contribution in [0.2, 0.25) is 5.02 Å². The Labute approximate surface area is 176 Å². The second-order valence-electron chi connectivity index (χ2n) is 6.99. The summed E-state index contributed by atoms with van der Waals surface area (Å²) < 4.78 is 13.9. The number of rotatable bonds is 2. The maximum Gasteiger partial charge on any atom is 0.219 e. The number of pyridine rings is 1. The largest absolute Gasteiger partial charge is 0.368 e. The third-order valence-electron chi connectivity index (χ3n) is 5.25. The fourth-order valence-electron chi connectivity index (χ4n) is 3.83. The van der Waals surface area contributed by atoms with Crippen LogP contribution in [-0.2, 0) is 6.42 Å². The third-order valence-corrected chi connectivity index (χ3v) is 5.54. The van der Waals surface area contributed by atoms with Crippen molar-refractivity contribution >= 4 is 39.8 Å². The number of benzene rings is 2. The number of nitrogens with zero attached hydrogens (tertiary/aromatic N) is 5. The summed E-state index contributed by atoms with van der Waals surface area (Å²) in [6, 6.07) is 11.1. The quantitative estimate of drug-likeness (QED) is 0.512. The van der Waals surface area contributed by atoms with E-state index >= 15 is 0 Å². The molecule has 0 fully saturated rings. The average Bonchev–Trinajstić information content (AvgIpc) is 3.15. The van der Waals surface area contributed by atoms with E-state index in [1.165, 1.54) is 6.07 Å². The van der Waals surface area contributed by atoms with Crippen molar-refractivity contribution in [1.29, 1.82) is 5.26 Å². The topological polar surface area (TPSA) is 91.7 Å². The summed E-state index contributed by atoms with van der Waals surface area (Å²) in [6.45, 7) is 0.609. The zero-order chi connectivity index (χ0) is 20.8. The number of halogens is 2. The van der Waals surface area contributed by atoms with Crippen molar-refractivity contribution in [2.24, 2.45) is 0 Å². The van der Waals surface area contributed by atoms with Gasteiger partial charge >= 0.3 is 0 Å². The molecular weight excluding hydrogens is 403 g/mol. The molecule has 6 nitrogen and oxygen atoms in total. The highest BCUT2D eigenvalue weighted by molar-refractivity contribution is 6.31. The lowest BCUT2D eigenvalue weighted by Gasteiger charge is -2.23. The van der Waals surface area contributed by atoms with Gasteiger partial charge in [0.15, 0.2) is 0 Å². The second kappa shape index (κ2) is 6.94. The minimum atomic E-state index is -0.442. The number of aromatic nitrogens is 3. The standard InChI is InChI=1S/C22H14ClFN6/c23-17-7-20-13(6-18(17)24)3-4-30(20)21-14(8-25)9-27-19-2-1-12(5-16(19)21)15-10-28-22(26)29-11-15/h1-2,5-7,9-11H,3-4H2,(H2,26,28,29). The molecule has 2 N–H and O–H groups in total. The Bertz CT molecular complexity index is 1350. The summed E-state index contributed by atoms with van der Waals surface area (Å²) >= 11 is 6.05. The zero-order valence-electron chi connectivity index (χ0n) is 15.6. The Morgan fingerprint density at radius 3 is 2.63 bits per heavy atom. The Morgan fingerprint density at radius 2 is 1.87 bits per heavy atom. The van der Waals surface area contributed by atoms with Crippen LogP contribution in [0.15, 0.2) is 48.9 Å². The number of hydrogen-bond acceptors (Lipinski definition) is 6. The fourth-order valence-corrected chi connectivity index (χ4v) is 3.99. The summed E-state index contributed by atoms with van der Waals surface area (Å²) in [5, 5.41) is 10.6. The number of hydrogen-bond donors (Lipinski definition) is 1. The summed E-state index contributed by atoms with van der Waals surface area (Å²) in [5.74, 6) is -0.241. The van der Waals surface area contributed by atoms with Crippen LogP contribution in [0.1, 0.15) is 11.1 Å². The second-order valence-corrected chi connectivity index (χ2v) is 7.40. The highest BCUT2D eigenvalue weighted by Crippen LogP contribution is 2.42. The van der Waals surface area contributed by atoms with Gasteiger partial charge in [0.1, 0.15) is 11.9 Å². The van der Waals surface area contributed by atoms with E-state index in [9.17, 15) is 9.65 Å². The van der Waals surface area contributed by atoms with Crippen LogP contribution in [0, 0.1) is 17.1 Å². The van der Waals surface area contributed by atoms with Crippen molar-refractivity contribution < 1.29 is 4.39 Å². The SMILES string of the molecule is N#Cc1cnc2ccc(-c3cnc(N)nc3)cc2c1N1CCc2cc(F)c(Cl)cc21. The van der Waals surface area contributed by atoms with E-state index in [4.69, 9.17) is 17.3 Å². The minimum absolute atomic E-state index is 0.0530. The first-order valence-corrected chi connectivity index (χ1v) is 9.59. The normalized spacial score (nSPS) is 12.8. The van der Waals surface area contributed by atoms with Gasteiger partial charge in [0.2, 0.25) is 5.95 Å². The van der Waals surface area contributed by atoms with Gasteiger partial charge in [-0.3, -0.25) is 4.98 Å². The molecule has 0 radical (unpaired) electrons. The number of anilines is 3. The van der Waals surface area contributed by atoms with E-state index in [0.717, 1.165) is 39.0 Å². The van der Waals surface area contributed by atoms with E-state index in [2.05, 4.69) is 21.0 Å². The third kappa shape index (κ3) is 2.90. The van der Waals surface area contributed by atoms with Crippen LogP contribution in [0.3, 0.4) is 0 Å². The lowest BCUT2D eigenvalue weighted by atomic mass is 10.0. The van der Waals surface area contributed by atoms with Crippen molar-refractivity contribution in [3.63, 3.8) is 0 Å². The molecule has 5 rings (SSSR count). The average molecular weight is 417 g/mol. The Hall–Kier alpha value is -3.76. The molecule has 2 aromatic carbocycles. The first-order valence-electron chi connectivity index (χ1n) is 9.21. The molecule has 0 aliphatic carbocycles. The number of fused-ring (bicyclic) bond motifs is 2. The summed E-state index contributed by atoms with van der Waals surface area (Å²) in [4.78, 5) is 14.6. The predicted molar refractivity (Wildman–Crippen MR) is 114 cm³/mol. The van der Waals surface area contributed by atoms with Crippen molar-refractivity contribution in [2.45, 2.75) is 6.42 Å². The maximum atomic E-state index is 13.9. The smallest absolute Gasteiger partial charge is 0.219 e. The van der Waals surface area contributed by atoms with Crippen LogP contribution in [0.25, 0.3) is 22.0 Å². The minimum Gasteiger partial charge on any atom is -0.368 e. The van der Waals surface area contributed by atoms with Crippen LogP contribution >= 0.6 is 11.6 Å². The molecule has 2 aromatic heterocycles. The van der Waals surface area contributed by atoms with E-state index in [1.54, 1.807) is 24.7 Å². The Morgan fingerprint density at radius 1 is 1.07 bits per heavy atom. The first-order chi connectivity index (χ1) is 14.5. The van der Waals surface area contributed by atoms with Crippen LogP contribution in [-0.4, -0.2) is 21.5 Å². The molecule has 0 atom stereocenters. The summed E-state index contributed by atoms with van der Waals surface area (Å²) in [7, 11) is 0. The van der Waals surface area contributed by atoms with Gasteiger partial charge in [-0.05, 0) is 41.8 Å². The monoisotopic (exact) mass is 416 g/mol. The van der Waals surface area contributed by atoms with Gasteiger partial charge in [0, 0.05) is 41.8 Å². The zero-order valence-corrected chi connectivity index (χ0v) is 16.4. The van der Waals surface area contributed by atoms with Gasteiger partial charge in [0.05, 0.1) is 21.8 Å². The fraction of sp³-hybridized carbons (Fsp3) is 0.0909. The van der Waals surface area contributed by atoms with Gasteiger partial charge in [0.25, 0.3) is 0 Å². The molecule has 1 aliphatic rings. The Kier molecular flexibility index (Phi) is 4.23. The molecule has 0 unspecified atom stereocenters. The lowest BCUT2D eigenvalue weighted by molar-refractivity contribution is 0.627. The maximum absolute atomic E-state index is 13.9. The summed E-state index contributed by atoms with van der Waals surface area (Å²) in [6.07, 6.45) is 5.52. The number of nitrogens with two attached hydrogens (primary N) is 1. The molecule has 0 bridgehead atoms. The first kappa shape index (κ1) is 18.3. The van der Waals surface area contributed by atoms with Crippen LogP contribution in [0.4, 0.5) is 21.7 Å². The molecule has 1 aliphatic heterocycles. The molecular formula is C22H14ClFN6. The molecule has 30 heavy (non-hydrogen) atoms. The van der Waals surface area contributed by atoms with Gasteiger partial charge in [-0.25, -0.2) is 14.4 Å². The van der Waals surface area contributed by atoms with Gasteiger partial charge < -0.3 is 10.6 Å². The lowest BCUT2D eigenvalue weighted by Crippen LogP contribution is -2.15. The highest BCUT2D eigenvalue weighted by atomic mass is 35.5. The van der Waals surface area contributed by atoms with E-state index in [1.807, 2.05) is 23.1 Å². The van der Waals surface area contributed by atoms with E-state index in [-0.39, 0.29) is 11.0 Å². The molecule has 0 saturated heterocycles. The van der Waals surface area contributed by atoms with Crippen molar-refractivity contribution in [3.05, 3.63) is 70.9 Å². The predicted octanol–water partition coefficient (Wildman–Crippen LogP) is 4.63. The van der Waals surface area contributed by atoms with Crippen molar-refractivity contribution in [3.8, 4) is 17.2 Å². The molecule has 3 heterocycles. The molecule has 0 spiro atoms. The van der Waals surface area contributed by atoms with Crippen molar-refractivity contribution in [2.75, 3.05) is 17.2 Å².